The topological polar surface area (TPSA) is 103 Å². The molecule has 0 fully saturated rings. The van der Waals surface area contributed by atoms with E-state index in [9.17, 15) is 13.2 Å². The number of rotatable bonds is 6. The van der Waals surface area contributed by atoms with Gasteiger partial charge in [-0.1, -0.05) is 41.1 Å². The maximum atomic E-state index is 13.0. The molecular formula is C26H21N3O5S. The van der Waals surface area contributed by atoms with Gasteiger partial charge in [0.05, 0.1) is 23.2 Å². The lowest BCUT2D eigenvalue weighted by molar-refractivity contribution is 0.413. The van der Waals surface area contributed by atoms with Crippen LogP contribution >= 0.6 is 0 Å². The number of hydrogen-bond donors (Lipinski definition) is 1. The van der Waals surface area contributed by atoms with E-state index < -0.39 is 10.0 Å². The lowest BCUT2D eigenvalue weighted by Crippen LogP contribution is -2.18. The van der Waals surface area contributed by atoms with Gasteiger partial charge in [0.15, 0.2) is 5.82 Å². The fourth-order valence-corrected chi connectivity index (χ4v) is 5.00. The van der Waals surface area contributed by atoms with E-state index >= 15 is 0 Å². The lowest BCUT2D eigenvalue weighted by atomic mass is 10.0. The van der Waals surface area contributed by atoms with Crippen molar-refractivity contribution in [3.05, 3.63) is 101 Å². The second-order valence-corrected chi connectivity index (χ2v) is 9.66. The maximum Gasteiger partial charge on any atom is 0.263 e. The van der Waals surface area contributed by atoms with E-state index in [-0.39, 0.29) is 16.3 Å². The Labute approximate surface area is 201 Å². The van der Waals surface area contributed by atoms with Gasteiger partial charge < -0.3 is 9.26 Å². The molecule has 5 aromatic rings. The SMILES string of the molecule is COc1cc(-c2cccc(C)c2)ccc1-n1c(=O)ccc2cc(S(=O)(=O)Nc3ccon3)ccc21. The summed E-state index contributed by atoms with van der Waals surface area (Å²) in [6.07, 6.45) is 1.27. The highest BCUT2D eigenvalue weighted by atomic mass is 32.2. The van der Waals surface area contributed by atoms with E-state index in [0.717, 1.165) is 16.7 Å². The Balaban J connectivity index is 1.61. The Bertz CT molecular complexity index is 1710. The molecule has 1 N–H and O–H groups in total. The quantitative estimate of drug-likeness (QED) is 0.370. The summed E-state index contributed by atoms with van der Waals surface area (Å²) in [5, 5.41) is 4.15. The van der Waals surface area contributed by atoms with Crippen molar-refractivity contribution in [1.29, 1.82) is 0 Å². The van der Waals surface area contributed by atoms with E-state index in [2.05, 4.69) is 20.5 Å². The van der Waals surface area contributed by atoms with E-state index in [0.29, 0.717) is 22.3 Å². The summed E-state index contributed by atoms with van der Waals surface area (Å²) < 4.78 is 39.8. The first kappa shape index (κ1) is 22.4. The highest BCUT2D eigenvalue weighted by molar-refractivity contribution is 7.92. The predicted molar refractivity (Wildman–Crippen MR) is 134 cm³/mol. The summed E-state index contributed by atoms with van der Waals surface area (Å²) in [5.41, 5.74) is 3.95. The molecule has 2 heterocycles. The van der Waals surface area contributed by atoms with Crippen LogP contribution in [-0.4, -0.2) is 25.3 Å². The number of sulfonamides is 1. The molecule has 9 heteroatoms. The minimum absolute atomic E-state index is 0.0277. The van der Waals surface area contributed by atoms with E-state index in [1.807, 2.05) is 43.3 Å². The predicted octanol–water partition coefficient (Wildman–Crippen LogP) is 4.76. The number of ether oxygens (including phenoxy) is 1. The Morgan fingerprint density at radius 1 is 0.943 bits per heavy atom. The molecule has 0 aliphatic heterocycles. The molecule has 0 unspecified atom stereocenters. The van der Waals surface area contributed by atoms with Crippen LogP contribution in [0.5, 0.6) is 5.75 Å². The zero-order valence-electron chi connectivity index (χ0n) is 18.9. The van der Waals surface area contributed by atoms with Crippen molar-refractivity contribution in [1.82, 2.24) is 9.72 Å². The number of methoxy groups -OCH3 is 1. The summed E-state index contributed by atoms with van der Waals surface area (Å²) in [5.74, 6) is 0.594. The summed E-state index contributed by atoms with van der Waals surface area (Å²) >= 11 is 0. The number of fused-ring (bicyclic) bond motifs is 1. The van der Waals surface area contributed by atoms with Crippen molar-refractivity contribution in [2.45, 2.75) is 11.8 Å². The Hall–Kier alpha value is -4.37. The van der Waals surface area contributed by atoms with Crippen LogP contribution in [-0.2, 0) is 10.0 Å². The highest BCUT2D eigenvalue weighted by Crippen LogP contribution is 2.31. The molecule has 0 spiro atoms. The monoisotopic (exact) mass is 487 g/mol. The molecule has 0 saturated heterocycles. The molecular weight excluding hydrogens is 466 g/mol. The zero-order valence-corrected chi connectivity index (χ0v) is 19.7. The highest BCUT2D eigenvalue weighted by Gasteiger charge is 2.18. The number of nitrogens with one attached hydrogen (secondary N) is 1. The van der Waals surface area contributed by atoms with Crippen LogP contribution in [0.25, 0.3) is 27.7 Å². The molecule has 176 valence electrons. The standard InChI is InChI=1S/C26H21N3O5S/c1-17-4-3-5-18(14-17)19-6-9-23(24(16-19)33-2)29-22-10-8-21(15-20(22)7-11-26(29)30)35(31,32)28-25-12-13-34-27-25/h3-16H,1-2H3,(H,27,28). The average molecular weight is 488 g/mol. The number of anilines is 1. The fraction of sp³-hybridized carbons (Fsp3) is 0.0769. The fourth-order valence-electron chi connectivity index (χ4n) is 3.97. The molecule has 0 aliphatic carbocycles. The number of nitrogens with zero attached hydrogens (tertiary/aromatic N) is 2. The van der Waals surface area contributed by atoms with Gasteiger partial charge in [0, 0.05) is 17.5 Å². The summed E-state index contributed by atoms with van der Waals surface area (Å²) in [4.78, 5) is 13.0. The molecule has 0 bridgehead atoms. The number of aryl methyl sites for hydroxylation is 1. The molecule has 35 heavy (non-hydrogen) atoms. The molecule has 0 amide bonds. The van der Waals surface area contributed by atoms with Gasteiger partial charge in [-0.15, -0.1) is 0 Å². The first-order valence-corrected chi connectivity index (χ1v) is 12.2. The van der Waals surface area contributed by atoms with Gasteiger partial charge in [-0.05, 0) is 54.4 Å². The van der Waals surface area contributed by atoms with Gasteiger partial charge in [0.25, 0.3) is 15.6 Å². The Morgan fingerprint density at radius 2 is 1.77 bits per heavy atom. The van der Waals surface area contributed by atoms with Gasteiger partial charge >= 0.3 is 0 Å². The zero-order chi connectivity index (χ0) is 24.6. The van der Waals surface area contributed by atoms with E-state index in [4.69, 9.17) is 4.74 Å². The van der Waals surface area contributed by atoms with Crippen molar-refractivity contribution >= 4 is 26.7 Å². The number of hydrogen-bond acceptors (Lipinski definition) is 6. The second-order valence-electron chi connectivity index (χ2n) is 7.97. The van der Waals surface area contributed by atoms with Crippen LogP contribution in [0.2, 0.25) is 0 Å². The molecule has 3 aromatic carbocycles. The van der Waals surface area contributed by atoms with Gasteiger partial charge in [0.1, 0.15) is 12.0 Å². The van der Waals surface area contributed by atoms with Crippen molar-refractivity contribution in [3.8, 4) is 22.6 Å². The molecule has 8 nitrogen and oxygen atoms in total. The van der Waals surface area contributed by atoms with Gasteiger partial charge in [0.2, 0.25) is 0 Å². The average Bonchev–Trinajstić information content (AvgIpc) is 3.36. The summed E-state index contributed by atoms with van der Waals surface area (Å²) in [7, 11) is -2.35. The Kier molecular flexibility index (Phi) is 5.62. The third kappa shape index (κ3) is 4.29. The second kappa shape index (κ2) is 8.77. The van der Waals surface area contributed by atoms with Gasteiger partial charge in [-0.3, -0.25) is 14.1 Å². The smallest absolute Gasteiger partial charge is 0.263 e. The molecule has 0 saturated carbocycles. The van der Waals surface area contributed by atoms with E-state index in [1.165, 1.54) is 35.1 Å². The van der Waals surface area contributed by atoms with Crippen molar-refractivity contribution in [3.63, 3.8) is 0 Å². The molecule has 5 rings (SSSR count). The van der Waals surface area contributed by atoms with Crippen LogP contribution in [0.15, 0.2) is 99.3 Å². The summed E-state index contributed by atoms with van der Waals surface area (Å²) in [6, 6.07) is 22.7. The van der Waals surface area contributed by atoms with Crippen LogP contribution < -0.4 is 15.0 Å². The normalized spacial score (nSPS) is 11.5. The minimum atomic E-state index is -3.90. The Morgan fingerprint density at radius 3 is 2.51 bits per heavy atom. The van der Waals surface area contributed by atoms with Gasteiger partial charge in [-0.25, -0.2) is 8.42 Å². The third-order valence-corrected chi connectivity index (χ3v) is 6.98. The van der Waals surface area contributed by atoms with Crippen molar-refractivity contribution < 1.29 is 17.7 Å². The van der Waals surface area contributed by atoms with E-state index in [1.54, 1.807) is 19.2 Å². The van der Waals surface area contributed by atoms with Gasteiger partial charge in [-0.2, -0.15) is 0 Å². The van der Waals surface area contributed by atoms with Crippen LogP contribution in [0.1, 0.15) is 5.56 Å². The lowest BCUT2D eigenvalue weighted by Gasteiger charge is -2.16. The first-order valence-electron chi connectivity index (χ1n) is 10.7. The molecule has 0 radical (unpaired) electrons. The molecule has 0 aliphatic rings. The van der Waals surface area contributed by atoms with Crippen molar-refractivity contribution in [2.24, 2.45) is 0 Å². The number of benzene rings is 3. The molecule has 2 aromatic heterocycles. The minimum Gasteiger partial charge on any atom is -0.495 e. The van der Waals surface area contributed by atoms with Crippen LogP contribution in [0.3, 0.4) is 0 Å². The van der Waals surface area contributed by atoms with Crippen LogP contribution in [0.4, 0.5) is 5.82 Å². The summed E-state index contributed by atoms with van der Waals surface area (Å²) in [6.45, 7) is 2.03. The third-order valence-electron chi connectivity index (χ3n) is 5.62. The largest absolute Gasteiger partial charge is 0.495 e. The van der Waals surface area contributed by atoms with Crippen LogP contribution in [0, 0.1) is 6.92 Å². The number of aromatic nitrogens is 2. The number of pyridine rings is 1. The molecule has 0 atom stereocenters. The maximum absolute atomic E-state index is 13.0. The first-order chi connectivity index (χ1) is 16.9. The van der Waals surface area contributed by atoms with Crippen molar-refractivity contribution in [2.75, 3.05) is 11.8 Å².